The lowest BCUT2D eigenvalue weighted by atomic mass is 10.0. The molecule has 0 spiro atoms. The smallest absolute Gasteiger partial charge is 0.338 e. The van der Waals surface area contributed by atoms with Crippen molar-refractivity contribution in [1.82, 2.24) is 19.2 Å². The molecule has 1 N–H and O–H groups in total. The van der Waals surface area contributed by atoms with Gasteiger partial charge in [-0.3, -0.25) is 5.10 Å². The van der Waals surface area contributed by atoms with Crippen LogP contribution in [-0.4, -0.2) is 40.1 Å². The van der Waals surface area contributed by atoms with Gasteiger partial charge in [-0.05, 0) is 42.8 Å². The van der Waals surface area contributed by atoms with Gasteiger partial charge in [0.25, 0.3) is 10.0 Å². The molecule has 0 saturated carbocycles. The maximum Gasteiger partial charge on any atom is 0.338 e. The van der Waals surface area contributed by atoms with Gasteiger partial charge in [0.1, 0.15) is 0 Å². The number of H-pyrrole nitrogens is 1. The summed E-state index contributed by atoms with van der Waals surface area (Å²) in [6.07, 6.45) is 6.53. The molecule has 0 unspecified atom stereocenters. The third kappa shape index (κ3) is 3.75. The Balaban J connectivity index is 1.65. The van der Waals surface area contributed by atoms with E-state index in [0.29, 0.717) is 28.8 Å². The normalized spacial score (nSPS) is 11.6. The molecule has 0 atom stereocenters. The summed E-state index contributed by atoms with van der Waals surface area (Å²) in [6.45, 7) is 2.07. The van der Waals surface area contributed by atoms with Crippen molar-refractivity contribution >= 4 is 27.0 Å². The van der Waals surface area contributed by atoms with Gasteiger partial charge >= 0.3 is 5.97 Å². The highest BCUT2D eigenvalue weighted by atomic mass is 32.2. The van der Waals surface area contributed by atoms with E-state index in [1.165, 1.54) is 3.97 Å². The standard InChI is InChI=1S/C25H20N4O4S/c1-2-33-25(30)18-10-8-17(9-11-18)19-12-22-23(20-14-27-28-15-20)16-29(24(22)26-13-19)34(31,32)21-6-4-3-5-7-21/h3-16H,2H2,1H3,(H,27,28). The molecule has 5 rings (SSSR count). The number of aromatic nitrogens is 4. The Labute approximate surface area is 195 Å². The SMILES string of the molecule is CCOC(=O)c1ccc(-c2cnc3c(c2)c(-c2cn[nH]c2)cn3S(=O)(=O)c2ccccc2)cc1. The van der Waals surface area contributed by atoms with Crippen LogP contribution in [0.4, 0.5) is 0 Å². The average Bonchev–Trinajstić information content (AvgIpc) is 3.53. The number of carbonyl (C=O) groups is 1. The van der Waals surface area contributed by atoms with Gasteiger partial charge in [0, 0.05) is 40.7 Å². The largest absolute Gasteiger partial charge is 0.462 e. The van der Waals surface area contributed by atoms with Crippen molar-refractivity contribution in [2.24, 2.45) is 0 Å². The van der Waals surface area contributed by atoms with Crippen molar-refractivity contribution < 1.29 is 17.9 Å². The zero-order valence-corrected chi connectivity index (χ0v) is 19.0. The van der Waals surface area contributed by atoms with Crippen LogP contribution in [0.5, 0.6) is 0 Å². The van der Waals surface area contributed by atoms with Crippen LogP contribution in [0.3, 0.4) is 0 Å². The van der Waals surface area contributed by atoms with Crippen molar-refractivity contribution in [3.05, 3.63) is 91.0 Å². The number of hydrogen-bond donors (Lipinski definition) is 1. The van der Waals surface area contributed by atoms with Crippen LogP contribution in [0.1, 0.15) is 17.3 Å². The number of pyridine rings is 1. The summed E-state index contributed by atoms with van der Waals surface area (Å²) < 4.78 is 33.0. The van der Waals surface area contributed by atoms with Crippen LogP contribution in [0, 0.1) is 0 Å². The summed E-state index contributed by atoms with van der Waals surface area (Å²) in [5.74, 6) is -0.381. The minimum atomic E-state index is -3.86. The number of nitrogens with one attached hydrogen (secondary N) is 1. The first-order valence-electron chi connectivity index (χ1n) is 10.6. The van der Waals surface area contributed by atoms with Gasteiger partial charge in [-0.1, -0.05) is 30.3 Å². The maximum atomic E-state index is 13.4. The second kappa shape index (κ2) is 8.60. The van der Waals surface area contributed by atoms with Crippen LogP contribution >= 0.6 is 0 Å². The van der Waals surface area contributed by atoms with Crippen LogP contribution in [0.2, 0.25) is 0 Å². The summed E-state index contributed by atoms with van der Waals surface area (Å²) in [4.78, 5) is 16.7. The predicted octanol–water partition coefficient (Wildman–Crippen LogP) is 4.51. The van der Waals surface area contributed by atoms with Gasteiger partial charge < -0.3 is 4.74 Å². The number of benzene rings is 2. The van der Waals surface area contributed by atoms with Gasteiger partial charge in [0.15, 0.2) is 5.65 Å². The van der Waals surface area contributed by atoms with Crippen LogP contribution in [0.15, 0.2) is 90.3 Å². The molecule has 0 saturated heterocycles. The summed E-state index contributed by atoms with van der Waals surface area (Å²) in [5.41, 5.74) is 3.80. The van der Waals surface area contributed by atoms with Crippen molar-refractivity contribution in [1.29, 1.82) is 0 Å². The average molecular weight is 473 g/mol. The number of nitrogens with zero attached hydrogens (tertiary/aromatic N) is 3. The Morgan fingerprint density at radius 2 is 1.76 bits per heavy atom. The fourth-order valence-corrected chi connectivity index (χ4v) is 5.11. The first-order valence-corrected chi connectivity index (χ1v) is 12.0. The van der Waals surface area contributed by atoms with Gasteiger partial charge in [0.2, 0.25) is 0 Å². The van der Waals surface area contributed by atoms with Crippen LogP contribution in [0.25, 0.3) is 33.3 Å². The molecular weight excluding hydrogens is 452 g/mol. The lowest BCUT2D eigenvalue weighted by Crippen LogP contribution is -2.12. The molecule has 0 aliphatic heterocycles. The van der Waals surface area contributed by atoms with E-state index in [2.05, 4.69) is 15.2 Å². The monoisotopic (exact) mass is 472 g/mol. The molecule has 9 heteroatoms. The minimum Gasteiger partial charge on any atom is -0.462 e. The minimum absolute atomic E-state index is 0.172. The number of hydrogen-bond acceptors (Lipinski definition) is 6. The first kappa shape index (κ1) is 21.6. The molecule has 0 fully saturated rings. The molecule has 34 heavy (non-hydrogen) atoms. The van der Waals surface area contributed by atoms with Gasteiger partial charge in [-0.2, -0.15) is 5.10 Å². The van der Waals surface area contributed by atoms with Crippen molar-refractivity contribution in [2.45, 2.75) is 11.8 Å². The fraction of sp³-hybridized carbons (Fsp3) is 0.0800. The molecule has 0 aliphatic rings. The van der Waals surface area contributed by atoms with Gasteiger partial charge in [-0.15, -0.1) is 0 Å². The van der Waals surface area contributed by atoms with E-state index in [1.807, 2.05) is 18.2 Å². The number of fused-ring (bicyclic) bond motifs is 1. The molecule has 5 aromatic rings. The van der Waals surface area contributed by atoms with Gasteiger partial charge in [-0.25, -0.2) is 22.2 Å². The fourth-order valence-electron chi connectivity index (χ4n) is 3.77. The molecule has 3 heterocycles. The molecule has 0 bridgehead atoms. The Morgan fingerprint density at radius 3 is 2.44 bits per heavy atom. The van der Waals surface area contributed by atoms with E-state index < -0.39 is 10.0 Å². The molecule has 0 amide bonds. The molecule has 0 aliphatic carbocycles. The van der Waals surface area contributed by atoms with Crippen LogP contribution in [-0.2, 0) is 14.8 Å². The van der Waals surface area contributed by atoms with E-state index in [-0.39, 0.29) is 10.9 Å². The zero-order chi connectivity index (χ0) is 23.7. The summed E-state index contributed by atoms with van der Waals surface area (Å²) in [6, 6.07) is 17.1. The molecule has 3 aromatic heterocycles. The van der Waals surface area contributed by atoms with E-state index in [0.717, 1.165) is 16.7 Å². The topological polar surface area (TPSA) is 107 Å². The van der Waals surface area contributed by atoms with E-state index in [4.69, 9.17) is 4.74 Å². The first-order chi connectivity index (χ1) is 16.5. The number of ether oxygens (including phenoxy) is 1. The van der Waals surface area contributed by atoms with E-state index in [1.54, 1.807) is 74.2 Å². The van der Waals surface area contributed by atoms with Crippen LogP contribution < -0.4 is 0 Å². The molecule has 0 radical (unpaired) electrons. The highest BCUT2D eigenvalue weighted by Crippen LogP contribution is 2.34. The lowest BCUT2D eigenvalue weighted by Gasteiger charge is -2.08. The third-order valence-corrected chi connectivity index (χ3v) is 7.11. The lowest BCUT2D eigenvalue weighted by molar-refractivity contribution is 0.0526. The second-order valence-electron chi connectivity index (χ2n) is 7.54. The van der Waals surface area contributed by atoms with Gasteiger partial charge in [0.05, 0.1) is 23.3 Å². The number of rotatable bonds is 6. The third-order valence-electron chi connectivity index (χ3n) is 5.45. The Morgan fingerprint density at radius 1 is 1.00 bits per heavy atom. The zero-order valence-electron chi connectivity index (χ0n) is 18.2. The second-order valence-corrected chi connectivity index (χ2v) is 9.35. The Kier molecular flexibility index (Phi) is 5.46. The molecular formula is C25H20N4O4S. The predicted molar refractivity (Wildman–Crippen MR) is 128 cm³/mol. The summed E-state index contributed by atoms with van der Waals surface area (Å²) in [7, 11) is -3.86. The summed E-state index contributed by atoms with van der Waals surface area (Å²) >= 11 is 0. The van der Waals surface area contributed by atoms with Crippen molar-refractivity contribution in [2.75, 3.05) is 6.61 Å². The Hall–Kier alpha value is -4.24. The van der Waals surface area contributed by atoms with E-state index >= 15 is 0 Å². The Bertz CT molecular complexity index is 1570. The highest BCUT2D eigenvalue weighted by Gasteiger charge is 2.23. The van der Waals surface area contributed by atoms with Crippen molar-refractivity contribution in [3.8, 4) is 22.3 Å². The molecule has 170 valence electrons. The highest BCUT2D eigenvalue weighted by molar-refractivity contribution is 7.90. The number of aromatic amines is 1. The summed E-state index contributed by atoms with van der Waals surface area (Å²) in [5, 5.41) is 7.44. The van der Waals surface area contributed by atoms with Crippen molar-refractivity contribution in [3.63, 3.8) is 0 Å². The number of carbonyl (C=O) groups excluding carboxylic acids is 1. The quantitative estimate of drug-likeness (QED) is 0.365. The molecule has 2 aromatic carbocycles. The number of esters is 1. The molecule has 8 nitrogen and oxygen atoms in total. The van der Waals surface area contributed by atoms with E-state index in [9.17, 15) is 13.2 Å². The maximum absolute atomic E-state index is 13.4.